The van der Waals surface area contributed by atoms with Gasteiger partial charge in [-0.25, -0.2) is 9.97 Å². The topological polar surface area (TPSA) is 35.6 Å². The van der Waals surface area contributed by atoms with Crippen molar-refractivity contribution in [3.8, 4) is 45.3 Å². The van der Waals surface area contributed by atoms with Crippen molar-refractivity contribution in [2.24, 2.45) is 17.8 Å². The Morgan fingerprint density at radius 2 is 0.900 bits per heavy atom. The Labute approximate surface area is 349 Å². The molecule has 0 amide bonds. The van der Waals surface area contributed by atoms with Crippen molar-refractivity contribution in [1.82, 2.24) is 19.1 Å². The average Bonchev–Trinajstić information content (AvgIpc) is 3.82. The van der Waals surface area contributed by atoms with E-state index in [2.05, 4.69) is 185 Å². The van der Waals surface area contributed by atoms with Crippen molar-refractivity contribution in [3.63, 3.8) is 0 Å². The molecule has 3 heterocycles. The summed E-state index contributed by atoms with van der Waals surface area (Å²) in [5.74, 6) is 3.27. The third kappa shape index (κ3) is 5.23. The molecule has 60 heavy (non-hydrogen) atoms. The van der Waals surface area contributed by atoms with E-state index in [9.17, 15) is 0 Å². The lowest BCUT2D eigenvalue weighted by molar-refractivity contribution is -0.00516. The number of benzene rings is 7. The normalized spacial score (nSPS) is 20.8. The smallest absolute Gasteiger partial charge is 0.235 e. The fraction of sp³-hybridized carbons (Fsp3) is 0.179. The minimum Gasteiger partial charge on any atom is -0.309 e. The molecule has 4 fully saturated rings. The maximum absolute atomic E-state index is 5.58. The third-order valence-corrected chi connectivity index (χ3v) is 14.5. The second kappa shape index (κ2) is 13.1. The van der Waals surface area contributed by atoms with Crippen molar-refractivity contribution in [2.45, 2.75) is 43.9 Å². The first-order chi connectivity index (χ1) is 29.7. The van der Waals surface area contributed by atoms with Crippen molar-refractivity contribution < 1.29 is 0 Å². The van der Waals surface area contributed by atoms with Gasteiger partial charge in [-0.1, -0.05) is 127 Å². The quantitative estimate of drug-likeness (QED) is 0.169. The minimum atomic E-state index is 0.251. The number of hydrogen-bond donors (Lipinski definition) is 0. The summed E-state index contributed by atoms with van der Waals surface area (Å²) in [6, 6.07) is 64.4. The summed E-state index contributed by atoms with van der Waals surface area (Å²) in [5, 5.41) is 4.95. The molecule has 0 spiro atoms. The van der Waals surface area contributed by atoms with Crippen LogP contribution in [0.25, 0.3) is 88.9 Å². The summed E-state index contributed by atoms with van der Waals surface area (Å²) in [7, 11) is 0. The Bertz CT molecular complexity index is 3170. The molecule has 4 aliphatic carbocycles. The number of rotatable bonds is 6. The zero-order valence-corrected chi connectivity index (χ0v) is 33.5. The molecular formula is C56H44N4. The first kappa shape index (κ1) is 34.1. The van der Waals surface area contributed by atoms with Crippen LogP contribution in [0.2, 0.25) is 0 Å². The maximum Gasteiger partial charge on any atom is 0.235 e. The maximum atomic E-state index is 5.58. The highest BCUT2D eigenvalue weighted by Gasteiger charge is 2.51. The third-order valence-electron chi connectivity index (χ3n) is 14.5. The fourth-order valence-electron chi connectivity index (χ4n) is 12.4. The number of nitrogens with zero attached hydrogens (tertiary/aromatic N) is 4. The monoisotopic (exact) mass is 772 g/mol. The van der Waals surface area contributed by atoms with E-state index in [4.69, 9.17) is 9.97 Å². The highest BCUT2D eigenvalue weighted by atomic mass is 15.2. The molecule has 0 saturated heterocycles. The fourth-order valence-corrected chi connectivity index (χ4v) is 12.4. The van der Waals surface area contributed by atoms with Gasteiger partial charge in [0.05, 0.1) is 33.5 Å². The van der Waals surface area contributed by atoms with Gasteiger partial charge in [0.25, 0.3) is 0 Å². The predicted octanol–water partition coefficient (Wildman–Crippen LogP) is 14.1. The van der Waals surface area contributed by atoms with E-state index in [1.54, 1.807) is 0 Å². The van der Waals surface area contributed by atoms with E-state index < -0.39 is 0 Å². The van der Waals surface area contributed by atoms with Gasteiger partial charge in [0.15, 0.2) is 0 Å². The van der Waals surface area contributed by atoms with Crippen LogP contribution in [0, 0.1) is 17.8 Å². The number of aromatic nitrogens is 4. The second-order valence-corrected chi connectivity index (χ2v) is 18.1. The van der Waals surface area contributed by atoms with Gasteiger partial charge in [-0.2, -0.15) is 0 Å². The molecule has 0 aliphatic heterocycles. The van der Waals surface area contributed by atoms with Gasteiger partial charge in [0, 0.05) is 38.4 Å². The van der Waals surface area contributed by atoms with Crippen molar-refractivity contribution in [2.75, 3.05) is 0 Å². The first-order valence-corrected chi connectivity index (χ1v) is 21.8. The van der Waals surface area contributed by atoms with E-state index in [1.165, 1.54) is 87.8 Å². The van der Waals surface area contributed by atoms with E-state index in [0.717, 1.165) is 57.0 Å². The van der Waals surface area contributed by atoms with Crippen LogP contribution in [0.15, 0.2) is 176 Å². The van der Waals surface area contributed by atoms with Gasteiger partial charge in [0.1, 0.15) is 0 Å². The molecule has 10 aromatic rings. The predicted molar refractivity (Wildman–Crippen MR) is 247 cm³/mol. The van der Waals surface area contributed by atoms with Gasteiger partial charge >= 0.3 is 0 Å². The minimum absolute atomic E-state index is 0.251. The molecule has 4 saturated carbocycles. The number of fused-ring (bicyclic) bond motifs is 6. The zero-order valence-electron chi connectivity index (χ0n) is 33.5. The molecule has 0 radical (unpaired) electrons. The van der Waals surface area contributed by atoms with Crippen LogP contribution in [0.4, 0.5) is 0 Å². The summed E-state index contributed by atoms with van der Waals surface area (Å²) in [6.45, 7) is 0. The molecule has 4 heteroatoms. The SMILES string of the molecule is c1ccc(-c2cc(-c3ccc(C45CC6CC(CC(C6)C4)C5)cc3-c3cccc(-n4c5ccccc5c5ccccc54)c3)nc(-n3c4ccccc4c4ccccc43)n2)cc1. The highest BCUT2D eigenvalue weighted by molar-refractivity contribution is 6.10. The first-order valence-electron chi connectivity index (χ1n) is 21.8. The molecule has 4 nitrogen and oxygen atoms in total. The van der Waals surface area contributed by atoms with Crippen LogP contribution < -0.4 is 0 Å². The van der Waals surface area contributed by atoms with Crippen LogP contribution in [-0.2, 0) is 5.41 Å². The van der Waals surface area contributed by atoms with E-state index >= 15 is 0 Å². The zero-order chi connectivity index (χ0) is 39.4. The van der Waals surface area contributed by atoms with Crippen LogP contribution in [-0.4, -0.2) is 19.1 Å². The lowest BCUT2D eigenvalue weighted by Crippen LogP contribution is -2.48. The van der Waals surface area contributed by atoms with E-state index in [1.807, 2.05) is 0 Å². The molecule has 3 aromatic heterocycles. The van der Waals surface area contributed by atoms with Crippen molar-refractivity contribution in [1.29, 1.82) is 0 Å². The highest BCUT2D eigenvalue weighted by Crippen LogP contribution is 2.61. The van der Waals surface area contributed by atoms with Gasteiger partial charge < -0.3 is 4.57 Å². The lowest BCUT2D eigenvalue weighted by Gasteiger charge is -2.57. The van der Waals surface area contributed by atoms with Crippen molar-refractivity contribution >= 4 is 43.6 Å². The largest absolute Gasteiger partial charge is 0.309 e. The van der Waals surface area contributed by atoms with Gasteiger partial charge in [0.2, 0.25) is 5.95 Å². The average molecular weight is 773 g/mol. The molecule has 0 N–H and O–H groups in total. The Hall–Kier alpha value is -6.78. The number of para-hydroxylation sites is 4. The van der Waals surface area contributed by atoms with Crippen LogP contribution >= 0.6 is 0 Å². The molecule has 0 atom stereocenters. The molecule has 4 aliphatic rings. The van der Waals surface area contributed by atoms with Crippen LogP contribution in [0.1, 0.15) is 44.1 Å². The van der Waals surface area contributed by atoms with E-state index in [0.29, 0.717) is 5.95 Å². The summed E-state index contributed by atoms with van der Waals surface area (Å²) in [5.41, 5.74) is 14.0. The van der Waals surface area contributed by atoms with Crippen molar-refractivity contribution in [3.05, 3.63) is 181 Å². The van der Waals surface area contributed by atoms with E-state index in [-0.39, 0.29) is 5.41 Å². The summed E-state index contributed by atoms with van der Waals surface area (Å²) >= 11 is 0. The van der Waals surface area contributed by atoms with Crippen LogP contribution in [0.5, 0.6) is 0 Å². The Morgan fingerprint density at radius 1 is 0.400 bits per heavy atom. The molecule has 7 aromatic carbocycles. The molecule has 0 unspecified atom stereocenters. The Morgan fingerprint density at radius 3 is 1.48 bits per heavy atom. The molecular weight excluding hydrogens is 729 g/mol. The summed E-state index contributed by atoms with van der Waals surface area (Å²) < 4.78 is 4.70. The Kier molecular flexibility index (Phi) is 7.46. The molecule has 14 rings (SSSR count). The summed E-state index contributed by atoms with van der Waals surface area (Å²) in [6.07, 6.45) is 8.26. The Balaban J connectivity index is 1.06. The van der Waals surface area contributed by atoms with Gasteiger partial charge in [-0.15, -0.1) is 0 Å². The molecule has 288 valence electrons. The lowest BCUT2D eigenvalue weighted by atomic mass is 9.48. The second-order valence-electron chi connectivity index (χ2n) is 18.1. The summed E-state index contributed by atoms with van der Waals surface area (Å²) in [4.78, 5) is 11.0. The van der Waals surface area contributed by atoms with Crippen LogP contribution in [0.3, 0.4) is 0 Å². The van der Waals surface area contributed by atoms with Gasteiger partial charge in [-0.05, 0) is 127 Å². The van der Waals surface area contributed by atoms with Gasteiger partial charge in [-0.3, -0.25) is 4.57 Å². The number of hydrogen-bond acceptors (Lipinski definition) is 2. The molecule has 4 bridgehead atoms. The standard InChI is InChI=1S/C56H44N4/c1-2-13-39(14-3-1)49-32-50(58-55(57-49)60-53-23-10-6-19-46(53)47-20-7-11-24-54(47)60)43-26-25-41(56-33-36-27-37(34-56)29-38(28-36)35-56)31-48(43)40-15-12-16-42(30-40)59-51-21-8-4-17-44(51)45-18-5-9-22-52(45)59/h1-26,30-32,36-38H,27-29,33-35H2.